The maximum absolute atomic E-state index is 12.8. The third-order valence-electron chi connectivity index (χ3n) is 11.1. The number of esters is 3. The summed E-state index contributed by atoms with van der Waals surface area (Å²) in [6, 6.07) is 0. The van der Waals surface area contributed by atoms with Gasteiger partial charge in [-0.3, -0.25) is 14.4 Å². The number of rotatable bonds is 47. The summed E-state index contributed by atoms with van der Waals surface area (Å²) in [4.78, 5) is 38.1. The fourth-order valence-corrected chi connectivity index (χ4v) is 7.02. The molecule has 0 N–H and O–H groups in total. The van der Waals surface area contributed by atoms with Crippen molar-refractivity contribution in [1.29, 1.82) is 0 Å². The van der Waals surface area contributed by atoms with Gasteiger partial charge in [-0.05, 0) is 89.9 Å². The van der Waals surface area contributed by atoms with E-state index in [1.807, 2.05) is 54.7 Å². The quantitative estimate of drug-likeness (QED) is 0.0199. The van der Waals surface area contributed by atoms with Gasteiger partial charge in [0, 0.05) is 19.3 Å². The fourth-order valence-electron chi connectivity index (χ4n) is 7.02. The van der Waals surface area contributed by atoms with Gasteiger partial charge in [-0.2, -0.15) is 0 Å². The van der Waals surface area contributed by atoms with E-state index >= 15 is 0 Å². The predicted octanol–water partition coefficient (Wildman–Crippen LogP) is 18.3. The van der Waals surface area contributed by atoms with Gasteiger partial charge in [0.2, 0.25) is 0 Å². The number of hydrogen-bond donors (Lipinski definition) is 0. The van der Waals surface area contributed by atoms with Gasteiger partial charge in [0.1, 0.15) is 13.2 Å². The Balaban J connectivity index is 4.52. The van der Waals surface area contributed by atoms with Crippen LogP contribution in [0, 0.1) is 0 Å². The molecule has 382 valence electrons. The summed E-state index contributed by atoms with van der Waals surface area (Å²) >= 11 is 0. The minimum absolute atomic E-state index is 0.117. The number of allylic oxidation sites excluding steroid dienone is 22. The van der Waals surface area contributed by atoms with E-state index in [1.165, 1.54) is 70.6 Å². The Labute approximate surface area is 417 Å². The fraction of sp³-hybridized carbons (Fsp3) is 0.597. The Morgan fingerprint density at radius 1 is 0.324 bits per heavy atom. The van der Waals surface area contributed by atoms with Crippen molar-refractivity contribution in [2.45, 2.75) is 226 Å². The van der Waals surface area contributed by atoms with Crippen LogP contribution in [0.1, 0.15) is 220 Å². The van der Waals surface area contributed by atoms with Crippen molar-refractivity contribution in [3.63, 3.8) is 0 Å². The zero-order chi connectivity index (χ0) is 49.3. The van der Waals surface area contributed by atoms with Gasteiger partial charge in [-0.25, -0.2) is 0 Å². The van der Waals surface area contributed by atoms with Crippen LogP contribution in [0.4, 0.5) is 0 Å². The number of hydrogen-bond acceptors (Lipinski definition) is 6. The largest absolute Gasteiger partial charge is 0.462 e. The SMILES string of the molecule is CC/C=C/C=C/C=C/C=C/C=C/CCCC(=O)OCC(COC(=O)CCCCCCCCCCC/C=C/C/C=C/C/C=C/CC)OC(=O)CCCCCCC/C=C/C=C/C=C/CCCCCCC. The first-order valence-corrected chi connectivity index (χ1v) is 27.3. The molecule has 0 saturated carbocycles. The van der Waals surface area contributed by atoms with Crippen molar-refractivity contribution in [3.05, 3.63) is 134 Å². The Morgan fingerprint density at radius 2 is 0.662 bits per heavy atom. The van der Waals surface area contributed by atoms with Crippen molar-refractivity contribution in [2.24, 2.45) is 0 Å². The molecule has 0 fully saturated rings. The molecular weight excluding hydrogens is 841 g/mol. The summed E-state index contributed by atoms with van der Waals surface area (Å²) in [6.45, 7) is 6.27. The topological polar surface area (TPSA) is 78.9 Å². The van der Waals surface area contributed by atoms with E-state index < -0.39 is 6.10 Å². The average molecular weight is 939 g/mol. The Hall–Kier alpha value is -4.45. The Kier molecular flexibility index (Phi) is 51.5. The molecule has 0 aliphatic rings. The molecule has 6 nitrogen and oxygen atoms in total. The van der Waals surface area contributed by atoms with Crippen molar-refractivity contribution >= 4 is 17.9 Å². The zero-order valence-corrected chi connectivity index (χ0v) is 43.6. The van der Waals surface area contributed by atoms with Crippen LogP contribution in [0.15, 0.2) is 134 Å². The molecule has 0 saturated heterocycles. The molecule has 0 aliphatic heterocycles. The van der Waals surface area contributed by atoms with Crippen molar-refractivity contribution in [3.8, 4) is 0 Å². The summed E-state index contributed by atoms with van der Waals surface area (Å²) in [7, 11) is 0. The molecule has 0 amide bonds. The second kappa shape index (κ2) is 55.1. The van der Waals surface area contributed by atoms with Crippen LogP contribution < -0.4 is 0 Å². The van der Waals surface area contributed by atoms with Gasteiger partial charge in [0.25, 0.3) is 0 Å². The molecule has 0 bridgehead atoms. The summed E-state index contributed by atoms with van der Waals surface area (Å²) in [5.41, 5.74) is 0. The standard InChI is InChI=1S/C62H98O6/c1-4-7-10-13-16-19-22-25-27-29-31-33-34-37-40-43-46-49-52-55-61(64)67-58-59(57-66-60(63)54-51-48-45-42-39-36-24-21-18-15-12-9-6-3)68-62(65)56-53-50-47-44-41-38-35-32-30-28-26-23-20-17-14-11-8-5-2/h7,9-10,12,15-16,18-19,21,23-28,30,32,35-36,39,42,45,59H,4-6,8,11,13-14,17,20,22,29,31,33-34,37-38,40-41,43-44,46-58H2,1-3H3/b10-7+,12-9+,18-15+,19-16+,24-21+,26-23+,27-25+,30-28+,35-32+,39-36+,45-42+. The molecule has 0 aromatic rings. The predicted molar refractivity (Wildman–Crippen MR) is 292 cm³/mol. The maximum Gasteiger partial charge on any atom is 0.306 e. The summed E-state index contributed by atoms with van der Waals surface area (Å²) in [5, 5.41) is 0. The third kappa shape index (κ3) is 52.5. The van der Waals surface area contributed by atoms with Crippen molar-refractivity contribution in [2.75, 3.05) is 13.2 Å². The van der Waals surface area contributed by atoms with E-state index in [2.05, 4.69) is 99.8 Å². The first-order chi connectivity index (χ1) is 33.5. The van der Waals surface area contributed by atoms with E-state index in [0.717, 1.165) is 103 Å². The van der Waals surface area contributed by atoms with Crippen LogP contribution in [-0.2, 0) is 28.6 Å². The lowest BCUT2D eigenvalue weighted by Crippen LogP contribution is -2.30. The summed E-state index contributed by atoms with van der Waals surface area (Å²) < 4.78 is 16.7. The van der Waals surface area contributed by atoms with Crippen LogP contribution in [0.5, 0.6) is 0 Å². The Bertz CT molecular complexity index is 1500. The highest BCUT2D eigenvalue weighted by Gasteiger charge is 2.19. The molecule has 1 unspecified atom stereocenters. The summed E-state index contributed by atoms with van der Waals surface area (Å²) in [6.07, 6.45) is 77.3. The zero-order valence-electron chi connectivity index (χ0n) is 43.6. The van der Waals surface area contributed by atoms with Gasteiger partial charge in [0.15, 0.2) is 6.10 Å². The molecule has 0 heterocycles. The molecule has 0 aliphatic carbocycles. The summed E-state index contributed by atoms with van der Waals surface area (Å²) in [5.74, 6) is -1.03. The van der Waals surface area contributed by atoms with Gasteiger partial charge in [0.05, 0.1) is 0 Å². The first kappa shape index (κ1) is 63.5. The highest BCUT2D eigenvalue weighted by atomic mass is 16.6. The molecule has 0 aromatic heterocycles. The number of carbonyl (C=O) groups excluding carboxylic acids is 3. The maximum atomic E-state index is 12.8. The van der Waals surface area contributed by atoms with Gasteiger partial charge in [-0.15, -0.1) is 0 Å². The van der Waals surface area contributed by atoms with Crippen LogP contribution in [-0.4, -0.2) is 37.2 Å². The molecular formula is C62H98O6. The van der Waals surface area contributed by atoms with Crippen molar-refractivity contribution < 1.29 is 28.6 Å². The van der Waals surface area contributed by atoms with Gasteiger partial charge >= 0.3 is 17.9 Å². The van der Waals surface area contributed by atoms with Gasteiger partial charge in [-0.1, -0.05) is 244 Å². The number of carbonyl (C=O) groups is 3. The first-order valence-electron chi connectivity index (χ1n) is 27.3. The molecule has 0 spiro atoms. The molecule has 0 aromatic carbocycles. The molecule has 0 rings (SSSR count). The van der Waals surface area contributed by atoms with E-state index in [-0.39, 0.29) is 44.0 Å². The highest BCUT2D eigenvalue weighted by molar-refractivity contribution is 5.71. The molecule has 0 radical (unpaired) electrons. The monoisotopic (exact) mass is 939 g/mol. The highest BCUT2D eigenvalue weighted by Crippen LogP contribution is 2.14. The normalized spacial score (nSPS) is 13.2. The van der Waals surface area contributed by atoms with E-state index in [0.29, 0.717) is 12.8 Å². The van der Waals surface area contributed by atoms with E-state index in [4.69, 9.17) is 14.2 Å². The average Bonchev–Trinajstić information content (AvgIpc) is 3.34. The molecule has 1 atom stereocenters. The number of unbranched alkanes of at least 4 members (excludes halogenated alkanes) is 20. The lowest BCUT2D eigenvalue weighted by molar-refractivity contribution is -0.167. The van der Waals surface area contributed by atoms with Gasteiger partial charge < -0.3 is 14.2 Å². The van der Waals surface area contributed by atoms with E-state index in [9.17, 15) is 14.4 Å². The van der Waals surface area contributed by atoms with E-state index in [1.54, 1.807) is 0 Å². The lowest BCUT2D eigenvalue weighted by Gasteiger charge is -2.18. The molecule has 6 heteroatoms. The van der Waals surface area contributed by atoms with Crippen LogP contribution in [0.2, 0.25) is 0 Å². The van der Waals surface area contributed by atoms with Crippen molar-refractivity contribution in [1.82, 2.24) is 0 Å². The Morgan fingerprint density at radius 3 is 1.13 bits per heavy atom. The van der Waals surface area contributed by atoms with Crippen LogP contribution >= 0.6 is 0 Å². The smallest absolute Gasteiger partial charge is 0.306 e. The minimum atomic E-state index is -0.825. The number of ether oxygens (including phenoxy) is 3. The van der Waals surface area contributed by atoms with Crippen LogP contribution in [0.25, 0.3) is 0 Å². The minimum Gasteiger partial charge on any atom is -0.462 e. The third-order valence-corrected chi connectivity index (χ3v) is 11.1. The molecule has 68 heavy (non-hydrogen) atoms. The lowest BCUT2D eigenvalue weighted by atomic mass is 10.1. The second-order valence-corrected chi connectivity index (χ2v) is 17.6. The second-order valence-electron chi connectivity index (χ2n) is 17.6. The van der Waals surface area contributed by atoms with Crippen LogP contribution in [0.3, 0.4) is 0 Å².